The molecule has 2 aliphatic rings. The smallest absolute Gasteiger partial charge is 0.104 e. The molecule has 0 saturated carbocycles. The molecule has 28 heavy (non-hydrogen) atoms. The highest BCUT2D eigenvalue weighted by atomic mass is 16.5. The second-order valence-corrected chi connectivity index (χ2v) is 7.82. The molecule has 1 N–H and O–H groups in total. The average molecular weight is 378 g/mol. The van der Waals surface area contributed by atoms with Crippen molar-refractivity contribution in [3.63, 3.8) is 0 Å². The van der Waals surface area contributed by atoms with Gasteiger partial charge in [0.25, 0.3) is 0 Å². The number of hydrogen-bond acceptors (Lipinski definition) is 5. The summed E-state index contributed by atoms with van der Waals surface area (Å²) in [5.74, 6) is 0. The number of benzene rings is 1. The van der Waals surface area contributed by atoms with Gasteiger partial charge in [-0.25, -0.2) is 0 Å². The largest absolute Gasteiger partial charge is 0.381 e. The predicted octanol–water partition coefficient (Wildman–Crippen LogP) is 3.15. The molecular weight excluding hydrogens is 352 g/mol. The van der Waals surface area contributed by atoms with Crippen LogP contribution in [0.15, 0.2) is 36.7 Å². The third-order valence-electron chi connectivity index (χ3n) is 6.10. The van der Waals surface area contributed by atoms with E-state index in [1.54, 1.807) is 0 Å². The molecule has 1 aromatic carbocycles. The summed E-state index contributed by atoms with van der Waals surface area (Å²) in [7, 11) is 0. The summed E-state index contributed by atoms with van der Waals surface area (Å²) in [5, 5.41) is 17.6. The number of aromatic nitrogens is 3. The standard InChI is InChI=1S/C22H26N4O2/c1-15(27)25-9-6-21-20(14-25)22(24-26(21)17-7-10-28-11-8-17)19-13-23-12-16-4-2-3-5-18(16)19/h2-5,12-13,15,17,27H,6-11,14H2,1H3. The maximum Gasteiger partial charge on any atom is 0.104 e. The first-order chi connectivity index (χ1) is 13.7. The van der Waals surface area contributed by atoms with Crippen LogP contribution >= 0.6 is 0 Å². The molecule has 4 heterocycles. The van der Waals surface area contributed by atoms with E-state index in [-0.39, 0.29) is 0 Å². The molecule has 1 atom stereocenters. The van der Waals surface area contributed by atoms with Crippen LogP contribution in [0, 0.1) is 0 Å². The van der Waals surface area contributed by atoms with E-state index in [1.165, 1.54) is 16.6 Å². The van der Waals surface area contributed by atoms with Crippen molar-refractivity contribution in [3.8, 4) is 11.3 Å². The fourth-order valence-electron chi connectivity index (χ4n) is 4.54. The molecule has 0 spiro atoms. The van der Waals surface area contributed by atoms with E-state index < -0.39 is 6.23 Å². The molecule has 6 nitrogen and oxygen atoms in total. The number of rotatable bonds is 3. The van der Waals surface area contributed by atoms with Gasteiger partial charge in [-0.3, -0.25) is 14.6 Å². The van der Waals surface area contributed by atoms with E-state index in [1.807, 2.05) is 25.4 Å². The molecule has 1 saturated heterocycles. The van der Waals surface area contributed by atoms with Crippen LogP contribution in [0.4, 0.5) is 0 Å². The zero-order valence-electron chi connectivity index (χ0n) is 16.2. The molecule has 1 unspecified atom stereocenters. The minimum atomic E-state index is -0.460. The Kier molecular flexibility index (Phi) is 4.62. The van der Waals surface area contributed by atoms with Crippen LogP contribution in [-0.2, 0) is 17.7 Å². The van der Waals surface area contributed by atoms with Crippen molar-refractivity contribution in [2.24, 2.45) is 0 Å². The van der Waals surface area contributed by atoms with E-state index in [0.29, 0.717) is 6.04 Å². The minimum Gasteiger partial charge on any atom is -0.381 e. The number of nitrogens with zero attached hydrogens (tertiary/aromatic N) is 4. The quantitative estimate of drug-likeness (QED) is 0.759. The second-order valence-electron chi connectivity index (χ2n) is 7.82. The van der Waals surface area contributed by atoms with Crippen LogP contribution in [-0.4, -0.2) is 50.8 Å². The summed E-state index contributed by atoms with van der Waals surface area (Å²) in [6, 6.07) is 8.73. The second kappa shape index (κ2) is 7.28. The lowest BCUT2D eigenvalue weighted by molar-refractivity contribution is 0.00818. The van der Waals surface area contributed by atoms with Crippen molar-refractivity contribution >= 4 is 10.8 Å². The van der Waals surface area contributed by atoms with Crippen LogP contribution in [0.1, 0.15) is 37.1 Å². The van der Waals surface area contributed by atoms with Crippen molar-refractivity contribution in [2.45, 2.75) is 45.0 Å². The van der Waals surface area contributed by atoms with E-state index in [9.17, 15) is 5.11 Å². The maximum atomic E-state index is 10.2. The fraction of sp³-hybridized carbons (Fsp3) is 0.455. The Morgan fingerprint density at radius 1 is 1.18 bits per heavy atom. The Bertz CT molecular complexity index is 986. The molecule has 3 aromatic rings. The predicted molar refractivity (Wildman–Crippen MR) is 108 cm³/mol. The fourth-order valence-corrected chi connectivity index (χ4v) is 4.54. The van der Waals surface area contributed by atoms with Crippen LogP contribution < -0.4 is 0 Å². The van der Waals surface area contributed by atoms with Gasteiger partial charge < -0.3 is 9.84 Å². The minimum absolute atomic E-state index is 0.386. The van der Waals surface area contributed by atoms with Gasteiger partial charge in [0.15, 0.2) is 0 Å². The van der Waals surface area contributed by atoms with Crippen molar-refractivity contribution in [2.75, 3.05) is 19.8 Å². The Morgan fingerprint density at radius 2 is 2.00 bits per heavy atom. The lowest BCUT2D eigenvalue weighted by atomic mass is 9.98. The molecule has 2 aliphatic heterocycles. The van der Waals surface area contributed by atoms with Crippen molar-refractivity contribution in [1.29, 1.82) is 0 Å². The summed E-state index contributed by atoms with van der Waals surface area (Å²) >= 11 is 0. The lowest BCUT2D eigenvalue weighted by Gasteiger charge is -2.31. The third kappa shape index (κ3) is 3.02. The highest BCUT2D eigenvalue weighted by Gasteiger charge is 2.30. The van der Waals surface area contributed by atoms with Gasteiger partial charge in [0.2, 0.25) is 0 Å². The molecular formula is C22H26N4O2. The van der Waals surface area contributed by atoms with Crippen LogP contribution in [0.3, 0.4) is 0 Å². The molecule has 0 amide bonds. The first kappa shape index (κ1) is 17.8. The average Bonchev–Trinajstić information content (AvgIpc) is 3.12. The number of aliphatic hydroxyl groups is 1. The van der Waals surface area contributed by atoms with Crippen LogP contribution in [0.5, 0.6) is 0 Å². The molecule has 0 bridgehead atoms. The number of aliphatic hydroxyl groups excluding tert-OH is 1. The first-order valence-electron chi connectivity index (χ1n) is 10.2. The number of ether oxygens (including phenoxy) is 1. The van der Waals surface area contributed by atoms with E-state index >= 15 is 0 Å². The maximum absolute atomic E-state index is 10.2. The van der Waals surface area contributed by atoms with Gasteiger partial charge in [0.1, 0.15) is 6.23 Å². The van der Waals surface area contributed by atoms with E-state index in [4.69, 9.17) is 9.84 Å². The van der Waals surface area contributed by atoms with Crippen molar-refractivity contribution in [1.82, 2.24) is 19.7 Å². The highest BCUT2D eigenvalue weighted by Crippen LogP contribution is 2.36. The monoisotopic (exact) mass is 378 g/mol. The SMILES string of the molecule is CC(O)N1CCc2c(c(-c3cncc4ccccc34)nn2C2CCOCC2)C1. The molecule has 146 valence electrons. The zero-order chi connectivity index (χ0) is 19.1. The molecule has 0 radical (unpaired) electrons. The summed E-state index contributed by atoms with van der Waals surface area (Å²) < 4.78 is 7.83. The van der Waals surface area contributed by atoms with Gasteiger partial charge in [-0.15, -0.1) is 0 Å². The van der Waals surface area contributed by atoms with Crippen LogP contribution in [0.2, 0.25) is 0 Å². The molecule has 1 fully saturated rings. The van der Waals surface area contributed by atoms with E-state index in [2.05, 4.69) is 32.8 Å². The Hall–Kier alpha value is -2.28. The van der Waals surface area contributed by atoms with Crippen molar-refractivity contribution in [3.05, 3.63) is 47.9 Å². The number of pyridine rings is 1. The highest BCUT2D eigenvalue weighted by molar-refractivity contribution is 5.95. The molecule has 6 heteroatoms. The normalized spacial score (nSPS) is 19.6. The Morgan fingerprint density at radius 3 is 2.82 bits per heavy atom. The molecule has 0 aliphatic carbocycles. The molecule has 5 rings (SSSR count). The lowest BCUT2D eigenvalue weighted by Crippen LogP contribution is -2.38. The van der Waals surface area contributed by atoms with Gasteiger partial charge in [-0.1, -0.05) is 24.3 Å². The van der Waals surface area contributed by atoms with E-state index in [0.717, 1.165) is 62.2 Å². The topological polar surface area (TPSA) is 63.4 Å². The first-order valence-corrected chi connectivity index (χ1v) is 10.2. The summed E-state index contributed by atoms with van der Waals surface area (Å²) in [6.45, 7) is 5.00. The van der Waals surface area contributed by atoms with Gasteiger partial charge in [-0.05, 0) is 25.2 Å². The van der Waals surface area contributed by atoms with Crippen molar-refractivity contribution < 1.29 is 9.84 Å². The van der Waals surface area contributed by atoms with Gasteiger partial charge >= 0.3 is 0 Å². The summed E-state index contributed by atoms with van der Waals surface area (Å²) in [4.78, 5) is 6.59. The van der Waals surface area contributed by atoms with Gasteiger partial charge in [0, 0.05) is 67.3 Å². The van der Waals surface area contributed by atoms with Crippen LogP contribution in [0.25, 0.3) is 22.0 Å². The van der Waals surface area contributed by atoms with Gasteiger partial charge in [0.05, 0.1) is 11.7 Å². The summed E-state index contributed by atoms with van der Waals surface area (Å²) in [6.07, 6.45) is 6.29. The number of hydrogen-bond donors (Lipinski definition) is 1. The zero-order valence-corrected chi connectivity index (χ0v) is 16.2. The number of fused-ring (bicyclic) bond motifs is 2. The Labute approximate surface area is 164 Å². The molecule has 2 aromatic heterocycles. The third-order valence-corrected chi connectivity index (χ3v) is 6.10. The van der Waals surface area contributed by atoms with Gasteiger partial charge in [-0.2, -0.15) is 5.10 Å². The Balaban J connectivity index is 1.67. The summed E-state index contributed by atoms with van der Waals surface area (Å²) in [5.41, 5.74) is 4.63.